The minimum absolute atomic E-state index is 0.0630. The van der Waals surface area contributed by atoms with E-state index in [0.29, 0.717) is 19.3 Å². The van der Waals surface area contributed by atoms with Crippen molar-refractivity contribution in [3.63, 3.8) is 0 Å². The van der Waals surface area contributed by atoms with E-state index in [4.69, 9.17) is 14.2 Å². The predicted molar refractivity (Wildman–Crippen MR) is 252 cm³/mol. The van der Waals surface area contributed by atoms with E-state index in [1.54, 1.807) is 0 Å². The second-order valence-corrected chi connectivity index (χ2v) is 18.6. The van der Waals surface area contributed by atoms with Gasteiger partial charge in [-0.25, -0.2) is 0 Å². The molecule has 6 heteroatoms. The van der Waals surface area contributed by atoms with Gasteiger partial charge in [-0.15, -0.1) is 0 Å². The Kier molecular flexibility index (Phi) is 46.2. The van der Waals surface area contributed by atoms with Crippen LogP contribution in [0, 0.1) is 5.92 Å². The summed E-state index contributed by atoms with van der Waals surface area (Å²) in [5.41, 5.74) is 0. The standard InChI is InChI=1S/C53H102O6/c1-5-7-9-11-13-15-17-18-19-20-21-22-23-24-30-34-38-42-46-53(56)59-50(47-57-51(54)44-40-36-32-28-16-14-12-10-8-6-2)48-58-52(55)45-41-37-33-29-26-25-27-31-35-39-43-49(3)4/h49-50H,5-48H2,1-4H3/t50-/m0/s1. The molecule has 0 aliphatic rings. The fourth-order valence-electron chi connectivity index (χ4n) is 8.04. The summed E-state index contributed by atoms with van der Waals surface area (Å²) in [5, 5.41) is 0. The van der Waals surface area contributed by atoms with Gasteiger partial charge in [0.15, 0.2) is 6.10 Å². The first kappa shape index (κ1) is 57.4. The van der Waals surface area contributed by atoms with Crippen LogP contribution in [0.15, 0.2) is 0 Å². The zero-order valence-corrected chi connectivity index (χ0v) is 40.2. The molecule has 0 spiro atoms. The van der Waals surface area contributed by atoms with Crippen molar-refractivity contribution in [3.05, 3.63) is 0 Å². The molecule has 0 rings (SSSR count). The Balaban J connectivity index is 4.26. The molecule has 0 aromatic heterocycles. The maximum Gasteiger partial charge on any atom is 0.306 e. The summed E-state index contributed by atoms with van der Waals surface area (Å²) >= 11 is 0. The highest BCUT2D eigenvalue weighted by Crippen LogP contribution is 2.17. The first-order valence-corrected chi connectivity index (χ1v) is 26.4. The molecular formula is C53H102O6. The van der Waals surface area contributed by atoms with Crippen LogP contribution in [0.4, 0.5) is 0 Å². The van der Waals surface area contributed by atoms with Gasteiger partial charge in [-0.2, -0.15) is 0 Å². The molecule has 0 heterocycles. The molecule has 0 N–H and O–H groups in total. The van der Waals surface area contributed by atoms with Crippen LogP contribution in [0.3, 0.4) is 0 Å². The zero-order valence-electron chi connectivity index (χ0n) is 40.2. The van der Waals surface area contributed by atoms with E-state index < -0.39 is 6.10 Å². The molecule has 350 valence electrons. The molecule has 0 amide bonds. The molecule has 59 heavy (non-hydrogen) atoms. The van der Waals surface area contributed by atoms with Crippen LogP contribution >= 0.6 is 0 Å². The Morgan fingerprint density at radius 3 is 0.831 bits per heavy atom. The van der Waals surface area contributed by atoms with Gasteiger partial charge >= 0.3 is 17.9 Å². The average molecular weight is 835 g/mol. The van der Waals surface area contributed by atoms with Crippen molar-refractivity contribution < 1.29 is 28.6 Å². The number of hydrogen-bond acceptors (Lipinski definition) is 6. The molecule has 0 saturated heterocycles. The Bertz CT molecular complexity index is 887. The second kappa shape index (κ2) is 47.5. The largest absolute Gasteiger partial charge is 0.462 e. The van der Waals surface area contributed by atoms with Crippen LogP contribution in [0.5, 0.6) is 0 Å². The van der Waals surface area contributed by atoms with Crippen LogP contribution in [0.1, 0.15) is 297 Å². The summed E-state index contributed by atoms with van der Waals surface area (Å²) in [5.74, 6) is -0.0268. The molecule has 0 aliphatic carbocycles. The Labute approximate surface area is 368 Å². The van der Waals surface area contributed by atoms with Gasteiger partial charge in [0.2, 0.25) is 0 Å². The summed E-state index contributed by atoms with van der Waals surface area (Å²) in [4.78, 5) is 37.9. The van der Waals surface area contributed by atoms with Gasteiger partial charge in [-0.05, 0) is 25.2 Å². The van der Waals surface area contributed by atoms with Crippen molar-refractivity contribution in [2.75, 3.05) is 13.2 Å². The summed E-state index contributed by atoms with van der Waals surface area (Å²) in [6.45, 7) is 9.01. The van der Waals surface area contributed by atoms with Gasteiger partial charge < -0.3 is 14.2 Å². The van der Waals surface area contributed by atoms with E-state index in [1.807, 2.05) is 0 Å². The lowest BCUT2D eigenvalue weighted by molar-refractivity contribution is -0.167. The lowest BCUT2D eigenvalue weighted by atomic mass is 10.0. The number of ether oxygens (including phenoxy) is 3. The number of carbonyl (C=O) groups is 3. The Hall–Kier alpha value is -1.59. The first-order valence-electron chi connectivity index (χ1n) is 26.4. The molecule has 0 unspecified atom stereocenters. The van der Waals surface area contributed by atoms with E-state index in [-0.39, 0.29) is 31.1 Å². The van der Waals surface area contributed by atoms with Gasteiger partial charge in [0, 0.05) is 19.3 Å². The molecule has 0 bridgehead atoms. The van der Waals surface area contributed by atoms with Crippen molar-refractivity contribution in [2.45, 2.75) is 303 Å². The van der Waals surface area contributed by atoms with Gasteiger partial charge in [0.05, 0.1) is 0 Å². The van der Waals surface area contributed by atoms with Gasteiger partial charge in [-0.3, -0.25) is 14.4 Å². The molecule has 0 aromatic carbocycles. The molecule has 0 aromatic rings. The highest BCUT2D eigenvalue weighted by molar-refractivity contribution is 5.71. The van der Waals surface area contributed by atoms with E-state index >= 15 is 0 Å². The lowest BCUT2D eigenvalue weighted by Crippen LogP contribution is -2.30. The third kappa shape index (κ3) is 47.3. The quantitative estimate of drug-likeness (QED) is 0.0345. The van der Waals surface area contributed by atoms with Crippen LogP contribution in [0.2, 0.25) is 0 Å². The molecular weight excluding hydrogens is 733 g/mol. The third-order valence-electron chi connectivity index (χ3n) is 12.0. The number of hydrogen-bond donors (Lipinski definition) is 0. The maximum atomic E-state index is 12.8. The third-order valence-corrected chi connectivity index (χ3v) is 12.0. The van der Waals surface area contributed by atoms with Crippen LogP contribution < -0.4 is 0 Å². The van der Waals surface area contributed by atoms with Crippen molar-refractivity contribution in [1.29, 1.82) is 0 Å². The summed E-state index contributed by atoms with van der Waals surface area (Å²) in [6, 6.07) is 0. The number of esters is 3. The van der Waals surface area contributed by atoms with E-state index in [1.165, 1.54) is 193 Å². The van der Waals surface area contributed by atoms with Gasteiger partial charge in [0.1, 0.15) is 13.2 Å². The average Bonchev–Trinajstić information content (AvgIpc) is 3.22. The summed E-state index contributed by atoms with van der Waals surface area (Å²) < 4.78 is 16.8. The monoisotopic (exact) mass is 835 g/mol. The highest BCUT2D eigenvalue weighted by Gasteiger charge is 2.19. The predicted octanol–water partition coefficient (Wildman–Crippen LogP) is 17.1. The van der Waals surface area contributed by atoms with Crippen molar-refractivity contribution in [2.24, 2.45) is 5.92 Å². The Morgan fingerprint density at radius 1 is 0.322 bits per heavy atom. The zero-order chi connectivity index (χ0) is 43.1. The number of unbranched alkanes of at least 4 members (excludes halogenated alkanes) is 35. The van der Waals surface area contributed by atoms with Crippen molar-refractivity contribution >= 4 is 17.9 Å². The highest BCUT2D eigenvalue weighted by atomic mass is 16.6. The summed E-state index contributed by atoms with van der Waals surface area (Å²) in [7, 11) is 0. The minimum atomic E-state index is -0.760. The molecule has 0 radical (unpaired) electrons. The van der Waals surface area contributed by atoms with E-state index in [2.05, 4.69) is 27.7 Å². The maximum absolute atomic E-state index is 12.8. The lowest BCUT2D eigenvalue weighted by Gasteiger charge is -2.18. The van der Waals surface area contributed by atoms with E-state index in [0.717, 1.165) is 63.7 Å². The van der Waals surface area contributed by atoms with E-state index in [9.17, 15) is 14.4 Å². The number of carbonyl (C=O) groups excluding carboxylic acids is 3. The molecule has 0 fully saturated rings. The van der Waals surface area contributed by atoms with Crippen molar-refractivity contribution in [3.8, 4) is 0 Å². The minimum Gasteiger partial charge on any atom is -0.462 e. The Morgan fingerprint density at radius 2 is 0.559 bits per heavy atom. The molecule has 0 aliphatic heterocycles. The second-order valence-electron chi connectivity index (χ2n) is 18.6. The fourth-order valence-corrected chi connectivity index (χ4v) is 8.04. The van der Waals surface area contributed by atoms with Crippen molar-refractivity contribution in [1.82, 2.24) is 0 Å². The smallest absolute Gasteiger partial charge is 0.306 e. The topological polar surface area (TPSA) is 78.9 Å². The fraction of sp³-hybridized carbons (Fsp3) is 0.943. The van der Waals surface area contributed by atoms with Gasteiger partial charge in [-0.1, -0.05) is 259 Å². The normalized spacial score (nSPS) is 11.9. The van der Waals surface area contributed by atoms with Crippen LogP contribution in [0.25, 0.3) is 0 Å². The first-order chi connectivity index (χ1) is 28.9. The van der Waals surface area contributed by atoms with Crippen LogP contribution in [-0.2, 0) is 28.6 Å². The van der Waals surface area contributed by atoms with Crippen LogP contribution in [-0.4, -0.2) is 37.2 Å². The molecule has 1 atom stereocenters. The molecule has 6 nitrogen and oxygen atoms in total. The molecule has 0 saturated carbocycles. The SMILES string of the molecule is CCCCCCCCCCCCCCCCCCCCC(=O)O[C@@H](COC(=O)CCCCCCCCCCCC)COC(=O)CCCCCCCCCCCCC(C)C. The summed E-state index contributed by atoms with van der Waals surface area (Å²) in [6.07, 6.45) is 49.5. The number of rotatable bonds is 48. The van der Waals surface area contributed by atoms with Gasteiger partial charge in [0.25, 0.3) is 0 Å².